The van der Waals surface area contributed by atoms with Gasteiger partial charge in [0.15, 0.2) is 0 Å². The van der Waals surface area contributed by atoms with E-state index in [-0.39, 0.29) is 0 Å². The van der Waals surface area contributed by atoms with Gasteiger partial charge in [0.25, 0.3) is 0 Å². The van der Waals surface area contributed by atoms with Crippen molar-refractivity contribution < 1.29 is 0 Å². The molecule has 0 bridgehead atoms. The van der Waals surface area contributed by atoms with Gasteiger partial charge in [-0.15, -0.1) is 0 Å². The summed E-state index contributed by atoms with van der Waals surface area (Å²) in [6.07, 6.45) is 3.96. The minimum atomic E-state index is 0.491. The third-order valence-electron chi connectivity index (χ3n) is 5.64. The Morgan fingerprint density at radius 1 is 1.19 bits per heavy atom. The normalized spacial score (nSPS) is 19.2. The number of benzene rings is 1. The number of imidazole rings is 2. The van der Waals surface area contributed by atoms with Crippen molar-refractivity contribution in [2.75, 3.05) is 19.6 Å². The summed E-state index contributed by atoms with van der Waals surface area (Å²) < 4.78 is 4.41. The third-order valence-corrected chi connectivity index (χ3v) is 5.87. The summed E-state index contributed by atoms with van der Waals surface area (Å²) in [5.41, 5.74) is 2.10. The predicted molar refractivity (Wildman–Crippen MR) is 109 cm³/mol. The predicted octanol–water partition coefficient (Wildman–Crippen LogP) is 3.15. The zero-order valence-corrected chi connectivity index (χ0v) is 17.0. The second kappa shape index (κ2) is 7.62. The van der Waals surface area contributed by atoms with Crippen LogP contribution >= 0.6 is 11.6 Å². The Kier molecular flexibility index (Phi) is 5.21. The van der Waals surface area contributed by atoms with Crippen molar-refractivity contribution in [1.82, 2.24) is 28.9 Å². The summed E-state index contributed by atoms with van der Waals surface area (Å²) in [5, 5.41) is 0.736. The monoisotopic (exact) mass is 386 g/mol. The SMILES string of the molecule is CCn1ccnc1CN1CCN(Cc2nc3cc(Cl)ccc3n2C)CC1C. The first kappa shape index (κ1) is 18.5. The number of fused-ring (bicyclic) bond motifs is 1. The largest absolute Gasteiger partial charge is 0.334 e. The lowest BCUT2D eigenvalue weighted by Crippen LogP contribution is -2.51. The van der Waals surface area contributed by atoms with Crippen LogP contribution in [0.3, 0.4) is 0 Å². The second-order valence-corrected chi connectivity index (χ2v) is 7.84. The average Bonchev–Trinajstić information content (AvgIpc) is 3.21. The number of hydrogen-bond acceptors (Lipinski definition) is 4. The van der Waals surface area contributed by atoms with Gasteiger partial charge in [0.2, 0.25) is 0 Å². The molecule has 2 aromatic heterocycles. The Bertz CT molecular complexity index is 930. The molecule has 1 aliphatic rings. The number of nitrogens with zero attached hydrogens (tertiary/aromatic N) is 6. The van der Waals surface area contributed by atoms with Crippen LogP contribution in [0.2, 0.25) is 5.02 Å². The van der Waals surface area contributed by atoms with Crippen molar-refractivity contribution in [1.29, 1.82) is 0 Å². The summed E-state index contributed by atoms with van der Waals surface area (Å²) in [6.45, 7) is 10.4. The van der Waals surface area contributed by atoms with Crippen LogP contribution in [0.25, 0.3) is 11.0 Å². The smallest absolute Gasteiger partial charge is 0.123 e. The highest BCUT2D eigenvalue weighted by atomic mass is 35.5. The van der Waals surface area contributed by atoms with Crippen LogP contribution in [0.15, 0.2) is 30.6 Å². The van der Waals surface area contributed by atoms with Crippen molar-refractivity contribution >= 4 is 22.6 Å². The minimum absolute atomic E-state index is 0.491. The van der Waals surface area contributed by atoms with E-state index in [1.165, 1.54) is 0 Å². The molecule has 7 heteroatoms. The van der Waals surface area contributed by atoms with Crippen LogP contribution in [0.4, 0.5) is 0 Å². The van der Waals surface area contributed by atoms with Crippen molar-refractivity contribution in [2.24, 2.45) is 7.05 Å². The van der Waals surface area contributed by atoms with Crippen LogP contribution in [-0.4, -0.2) is 54.6 Å². The van der Waals surface area contributed by atoms with Crippen molar-refractivity contribution in [3.63, 3.8) is 0 Å². The van der Waals surface area contributed by atoms with E-state index in [2.05, 4.69) is 51.0 Å². The Hall–Kier alpha value is -1.89. The lowest BCUT2D eigenvalue weighted by Gasteiger charge is -2.39. The van der Waals surface area contributed by atoms with E-state index in [0.29, 0.717) is 6.04 Å². The molecule has 0 spiro atoms. The molecule has 1 aromatic carbocycles. The Morgan fingerprint density at radius 3 is 2.81 bits per heavy atom. The van der Waals surface area contributed by atoms with Crippen LogP contribution < -0.4 is 0 Å². The van der Waals surface area contributed by atoms with Crippen LogP contribution in [0.5, 0.6) is 0 Å². The van der Waals surface area contributed by atoms with Gasteiger partial charge in [-0.05, 0) is 32.0 Å². The summed E-state index contributed by atoms with van der Waals surface area (Å²) >= 11 is 6.12. The summed E-state index contributed by atoms with van der Waals surface area (Å²) in [6, 6.07) is 6.41. The highest BCUT2D eigenvalue weighted by Gasteiger charge is 2.25. The number of piperazine rings is 1. The van der Waals surface area contributed by atoms with Gasteiger partial charge in [0.05, 0.1) is 24.1 Å². The number of halogens is 1. The fourth-order valence-corrected chi connectivity index (χ4v) is 4.14. The lowest BCUT2D eigenvalue weighted by atomic mass is 10.2. The Labute approximate surface area is 165 Å². The van der Waals surface area contributed by atoms with Gasteiger partial charge in [-0.2, -0.15) is 0 Å². The quantitative estimate of drug-likeness (QED) is 0.675. The summed E-state index contributed by atoms with van der Waals surface area (Å²) in [7, 11) is 2.09. The fourth-order valence-electron chi connectivity index (χ4n) is 3.97. The molecule has 0 saturated carbocycles. The van der Waals surface area contributed by atoms with Crippen LogP contribution in [0, 0.1) is 0 Å². The standard InChI is InChI=1S/C20H27ClN6/c1-4-26-8-7-22-19(26)14-27-10-9-25(12-15(27)2)13-20-23-17-11-16(21)5-6-18(17)24(20)3/h5-8,11,15H,4,9-10,12-14H2,1-3H3. The number of hydrogen-bond donors (Lipinski definition) is 0. The molecule has 1 fully saturated rings. The summed E-state index contributed by atoms with van der Waals surface area (Å²) in [5.74, 6) is 2.25. The first-order valence-corrected chi connectivity index (χ1v) is 10.00. The van der Waals surface area contributed by atoms with E-state index in [1.54, 1.807) is 0 Å². The van der Waals surface area contributed by atoms with E-state index in [0.717, 1.165) is 67.0 Å². The zero-order valence-electron chi connectivity index (χ0n) is 16.3. The van der Waals surface area contributed by atoms with E-state index >= 15 is 0 Å². The minimum Gasteiger partial charge on any atom is -0.334 e. The number of aromatic nitrogens is 4. The van der Waals surface area contributed by atoms with Crippen molar-refractivity contribution in [2.45, 2.75) is 39.5 Å². The molecule has 144 valence electrons. The molecule has 0 N–H and O–H groups in total. The Morgan fingerprint density at radius 2 is 2.04 bits per heavy atom. The third kappa shape index (κ3) is 3.74. The topological polar surface area (TPSA) is 42.1 Å². The zero-order chi connectivity index (χ0) is 19.0. The van der Waals surface area contributed by atoms with Crippen LogP contribution in [-0.2, 0) is 26.7 Å². The molecule has 1 unspecified atom stereocenters. The highest BCUT2D eigenvalue weighted by Crippen LogP contribution is 2.21. The maximum Gasteiger partial charge on any atom is 0.123 e. The average molecular weight is 387 g/mol. The maximum atomic E-state index is 6.12. The molecule has 3 aromatic rings. The van der Waals surface area contributed by atoms with E-state index in [9.17, 15) is 0 Å². The van der Waals surface area contributed by atoms with Gasteiger partial charge >= 0.3 is 0 Å². The number of rotatable bonds is 5. The molecule has 6 nitrogen and oxygen atoms in total. The highest BCUT2D eigenvalue weighted by molar-refractivity contribution is 6.31. The van der Waals surface area contributed by atoms with Gasteiger partial charge < -0.3 is 9.13 Å². The van der Waals surface area contributed by atoms with Crippen molar-refractivity contribution in [3.05, 3.63) is 47.3 Å². The first-order valence-electron chi connectivity index (χ1n) is 9.62. The van der Waals surface area contributed by atoms with Gasteiger partial charge in [0.1, 0.15) is 11.6 Å². The second-order valence-electron chi connectivity index (χ2n) is 7.40. The lowest BCUT2D eigenvalue weighted by molar-refractivity contribution is 0.0686. The Balaban J connectivity index is 1.42. The van der Waals surface area contributed by atoms with Crippen LogP contribution in [0.1, 0.15) is 25.5 Å². The molecule has 3 heterocycles. The van der Waals surface area contributed by atoms with Gasteiger partial charge in [0, 0.05) is 56.7 Å². The molecular weight excluding hydrogens is 360 g/mol. The molecule has 1 atom stereocenters. The molecule has 0 aliphatic carbocycles. The van der Waals surface area contributed by atoms with E-state index < -0.39 is 0 Å². The molecule has 1 aliphatic heterocycles. The number of aryl methyl sites for hydroxylation is 2. The molecule has 27 heavy (non-hydrogen) atoms. The van der Waals surface area contributed by atoms with Crippen molar-refractivity contribution in [3.8, 4) is 0 Å². The fraction of sp³-hybridized carbons (Fsp3) is 0.500. The summed E-state index contributed by atoms with van der Waals surface area (Å²) in [4.78, 5) is 14.4. The van der Waals surface area contributed by atoms with E-state index in [1.807, 2.05) is 24.4 Å². The van der Waals surface area contributed by atoms with Gasteiger partial charge in [-0.3, -0.25) is 9.80 Å². The van der Waals surface area contributed by atoms with Gasteiger partial charge in [-0.25, -0.2) is 9.97 Å². The molecular formula is C20H27ClN6. The first-order chi connectivity index (χ1) is 13.0. The molecule has 0 radical (unpaired) electrons. The maximum absolute atomic E-state index is 6.12. The molecule has 1 saturated heterocycles. The van der Waals surface area contributed by atoms with Gasteiger partial charge in [-0.1, -0.05) is 11.6 Å². The van der Waals surface area contributed by atoms with E-state index in [4.69, 9.17) is 16.6 Å². The molecule has 4 rings (SSSR count). The molecule has 0 amide bonds.